The van der Waals surface area contributed by atoms with Crippen LogP contribution in [0.1, 0.15) is 12.8 Å². The lowest BCUT2D eigenvalue weighted by atomic mass is 9.82. The second kappa shape index (κ2) is 5.02. The molecule has 0 spiro atoms. The van der Waals surface area contributed by atoms with Crippen molar-refractivity contribution in [2.24, 2.45) is 5.92 Å². The zero-order chi connectivity index (χ0) is 11.7. The first-order chi connectivity index (χ1) is 7.56. The van der Waals surface area contributed by atoms with E-state index in [4.69, 9.17) is 0 Å². The summed E-state index contributed by atoms with van der Waals surface area (Å²) < 4.78 is 1.96. The smallest absolute Gasteiger partial charge is 0.142 e. The predicted molar refractivity (Wildman–Crippen MR) is 71.6 cm³/mol. The third kappa shape index (κ3) is 2.76. The maximum atomic E-state index is 9.24. The summed E-state index contributed by atoms with van der Waals surface area (Å²) in [5.41, 5.74) is 0. The molecule has 1 aromatic heterocycles. The van der Waals surface area contributed by atoms with Gasteiger partial charge in [0.25, 0.3) is 0 Å². The fourth-order valence-electron chi connectivity index (χ4n) is 2.01. The first-order valence-corrected chi connectivity index (χ1v) is 6.85. The SMILES string of the molecule is CN(CC1CC(O)C1)c1ncc(Br)cc1Br. The number of hydrogen-bond acceptors (Lipinski definition) is 3. The number of aliphatic hydroxyl groups excluding tert-OH is 1. The van der Waals surface area contributed by atoms with Gasteiger partial charge in [0, 0.05) is 24.3 Å². The summed E-state index contributed by atoms with van der Waals surface area (Å²) in [6, 6.07) is 1.99. The fourth-order valence-corrected chi connectivity index (χ4v) is 3.30. The molecule has 16 heavy (non-hydrogen) atoms. The highest BCUT2D eigenvalue weighted by atomic mass is 79.9. The van der Waals surface area contributed by atoms with Gasteiger partial charge >= 0.3 is 0 Å². The number of nitrogens with zero attached hydrogens (tertiary/aromatic N) is 2. The topological polar surface area (TPSA) is 36.4 Å². The molecule has 0 atom stereocenters. The minimum absolute atomic E-state index is 0.0836. The number of pyridine rings is 1. The molecular formula is C11H14Br2N2O. The Morgan fingerprint density at radius 2 is 2.19 bits per heavy atom. The van der Waals surface area contributed by atoms with Crippen LogP contribution in [0.15, 0.2) is 21.2 Å². The Balaban J connectivity index is 2.00. The number of anilines is 1. The number of aromatic nitrogens is 1. The number of aliphatic hydroxyl groups is 1. The van der Waals surface area contributed by atoms with Crippen molar-refractivity contribution in [1.82, 2.24) is 4.98 Å². The standard InChI is InChI=1S/C11H14Br2N2O/c1-15(6-7-2-9(16)3-7)11-10(13)4-8(12)5-14-11/h4-5,7,9,16H,2-3,6H2,1H3. The summed E-state index contributed by atoms with van der Waals surface area (Å²) in [7, 11) is 2.03. The van der Waals surface area contributed by atoms with Crippen LogP contribution >= 0.6 is 31.9 Å². The fraction of sp³-hybridized carbons (Fsp3) is 0.545. The van der Waals surface area contributed by atoms with Gasteiger partial charge < -0.3 is 10.0 Å². The van der Waals surface area contributed by atoms with E-state index in [2.05, 4.69) is 41.7 Å². The van der Waals surface area contributed by atoms with Gasteiger partial charge in [0.2, 0.25) is 0 Å². The Hall–Kier alpha value is -0.130. The van der Waals surface area contributed by atoms with Crippen LogP contribution < -0.4 is 4.90 Å². The largest absolute Gasteiger partial charge is 0.393 e. The second-order valence-corrected chi connectivity index (χ2v) is 6.10. The van der Waals surface area contributed by atoms with Gasteiger partial charge in [-0.05, 0) is 56.7 Å². The van der Waals surface area contributed by atoms with Gasteiger partial charge in [-0.2, -0.15) is 0 Å². The van der Waals surface area contributed by atoms with E-state index in [1.54, 1.807) is 6.20 Å². The number of halogens is 2. The van der Waals surface area contributed by atoms with Crippen LogP contribution in [0.25, 0.3) is 0 Å². The van der Waals surface area contributed by atoms with Gasteiger partial charge in [-0.1, -0.05) is 0 Å². The van der Waals surface area contributed by atoms with Gasteiger partial charge in [-0.3, -0.25) is 0 Å². The molecule has 1 aliphatic carbocycles. The maximum absolute atomic E-state index is 9.24. The number of rotatable bonds is 3. The molecule has 3 nitrogen and oxygen atoms in total. The van der Waals surface area contributed by atoms with Crippen LogP contribution in [-0.4, -0.2) is 29.8 Å². The van der Waals surface area contributed by atoms with Crippen molar-refractivity contribution in [3.8, 4) is 0 Å². The van der Waals surface area contributed by atoms with Gasteiger partial charge in [0.1, 0.15) is 5.82 Å². The highest BCUT2D eigenvalue weighted by Crippen LogP contribution is 2.31. The molecule has 88 valence electrons. The Bertz CT molecular complexity index is 380. The Labute approximate surface area is 112 Å². The van der Waals surface area contributed by atoms with E-state index in [1.807, 2.05) is 13.1 Å². The first kappa shape index (κ1) is 12.3. The van der Waals surface area contributed by atoms with Crippen molar-refractivity contribution in [2.75, 3.05) is 18.5 Å². The van der Waals surface area contributed by atoms with E-state index in [0.29, 0.717) is 5.92 Å². The van der Waals surface area contributed by atoms with Crippen molar-refractivity contribution >= 4 is 37.7 Å². The highest BCUT2D eigenvalue weighted by molar-refractivity contribution is 9.11. The Kier molecular flexibility index (Phi) is 3.87. The van der Waals surface area contributed by atoms with Crippen molar-refractivity contribution in [3.63, 3.8) is 0 Å². The summed E-state index contributed by atoms with van der Waals surface area (Å²) in [5, 5.41) is 9.24. The van der Waals surface area contributed by atoms with E-state index >= 15 is 0 Å². The average molecular weight is 350 g/mol. The normalized spacial score (nSPS) is 24.0. The monoisotopic (exact) mass is 348 g/mol. The van der Waals surface area contributed by atoms with E-state index in [9.17, 15) is 5.11 Å². The molecule has 0 bridgehead atoms. The molecular weight excluding hydrogens is 336 g/mol. The quantitative estimate of drug-likeness (QED) is 0.911. The third-order valence-corrected chi connectivity index (χ3v) is 3.91. The van der Waals surface area contributed by atoms with Crippen LogP contribution in [0.5, 0.6) is 0 Å². The Morgan fingerprint density at radius 3 is 2.75 bits per heavy atom. The molecule has 0 amide bonds. The van der Waals surface area contributed by atoms with Gasteiger partial charge in [-0.25, -0.2) is 4.98 Å². The van der Waals surface area contributed by atoms with E-state index < -0.39 is 0 Å². The van der Waals surface area contributed by atoms with Crippen molar-refractivity contribution < 1.29 is 5.11 Å². The molecule has 1 aliphatic rings. The molecule has 1 N–H and O–H groups in total. The summed E-state index contributed by atoms with van der Waals surface area (Å²) in [6.45, 7) is 0.949. The average Bonchev–Trinajstić information content (AvgIpc) is 2.15. The molecule has 0 unspecified atom stereocenters. The third-order valence-electron chi connectivity index (χ3n) is 2.89. The lowest BCUT2D eigenvalue weighted by molar-refractivity contribution is 0.0464. The molecule has 0 saturated heterocycles. The summed E-state index contributed by atoms with van der Waals surface area (Å²) in [6.07, 6.45) is 3.54. The van der Waals surface area contributed by atoms with Crippen LogP contribution in [0, 0.1) is 5.92 Å². The summed E-state index contributed by atoms with van der Waals surface area (Å²) in [5.74, 6) is 1.54. The summed E-state index contributed by atoms with van der Waals surface area (Å²) in [4.78, 5) is 6.51. The van der Waals surface area contributed by atoms with Gasteiger partial charge in [0.05, 0.1) is 10.6 Å². The van der Waals surface area contributed by atoms with Crippen LogP contribution in [0.2, 0.25) is 0 Å². The molecule has 1 aromatic rings. The zero-order valence-corrected chi connectivity index (χ0v) is 12.2. The lowest BCUT2D eigenvalue weighted by Gasteiger charge is -2.35. The molecule has 0 radical (unpaired) electrons. The van der Waals surface area contributed by atoms with Gasteiger partial charge in [-0.15, -0.1) is 0 Å². The minimum atomic E-state index is -0.0836. The van der Waals surface area contributed by atoms with Crippen LogP contribution in [0.4, 0.5) is 5.82 Å². The van der Waals surface area contributed by atoms with Crippen molar-refractivity contribution in [1.29, 1.82) is 0 Å². The first-order valence-electron chi connectivity index (χ1n) is 5.26. The molecule has 1 saturated carbocycles. The molecule has 1 fully saturated rings. The molecule has 0 aromatic carbocycles. The maximum Gasteiger partial charge on any atom is 0.142 e. The molecule has 5 heteroatoms. The Morgan fingerprint density at radius 1 is 1.50 bits per heavy atom. The second-order valence-electron chi connectivity index (χ2n) is 4.33. The molecule has 2 rings (SSSR count). The molecule has 1 heterocycles. The number of hydrogen-bond donors (Lipinski definition) is 1. The van der Waals surface area contributed by atoms with Gasteiger partial charge in [0.15, 0.2) is 0 Å². The molecule has 0 aliphatic heterocycles. The van der Waals surface area contributed by atoms with Crippen LogP contribution in [-0.2, 0) is 0 Å². The van der Waals surface area contributed by atoms with Crippen LogP contribution in [0.3, 0.4) is 0 Å². The predicted octanol–water partition coefficient (Wildman–Crippen LogP) is 2.81. The zero-order valence-electron chi connectivity index (χ0n) is 9.03. The lowest BCUT2D eigenvalue weighted by Crippen LogP contribution is -2.37. The summed E-state index contributed by atoms with van der Waals surface area (Å²) >= 11 is 6.89. The van der Waals surface area contributed by atoms with E-state index in [1.165, 1.54) is 0 Å². The highest BCUT2D eigenvalue weighted by Gasteiger charge is 2.28. The van der Waals surface area contributed by atoms with E-state index in [-0.39, 0.29) is 6.10 Å². The minimum Gasteiger partial charge on any atom is -0.393 e. The van der Waals surface area contributed by atoms with Crippen molar-refractivity contribution in [2.45, 2.75) is 18.9 Å². The van der Waals surface area contributed by atoms with E-state index in [0.717, 1.165) is 34.1 Å². The van der Waals surface area contributed by atoms with Crippen molar-refractivity contribution in [3.05, 3.63) is 21.2 Å².